The van der Waals surface area contributed by atoms with E-state index in [0.717, 1.165) is 16.5 Å². The summed E-state index contributed by atoms with van der Waals surface area (Å²) in [7, 11) is 0. The van der Waals surface area contributed by atoms with Gasteiger partial charge in [0.2, 0.25) is 11.8 Å². The number of halogens is 1. The molecule has 4 aromatic carbocycles. The lowest BCUT2D eigenvalue weighted by molar-refractivity contribution is -0.127. The van der Waals surface area contributed by atoms with Crippen LogP contribution in [0.15, 0.2) is 97.1 Å². The summed E-state index contributed by atoms with van der Waals surface area (Å²) in [6.45, 7) is -0.136. The van der Waals surface area contributed by atoms with E-state index in [-0.39, 0.29) is 30.1 Å². The van der Waals surface area contributed by atoms with Crippen LogP contribution in [0.4, 0.5) is 10.1 Å². The van der Waals surface area contributed by atoms with Crippen LogP contribution in [0.25, 0.3) is 11.0 Å². The number of para-hydroxylation sites is 1. The fraction of sp³-hybridized carbons (Fsp3) is 0.103. The van der Waals surface area contributed by atoms with E-state index in [1.807, 2.05) is 30.3 Å². The normalized spacial score (nSPS) is 11.7. The number of benzene rings is 4. The SMILES string of the molecule is O=C(NCc1ccccc1)[C@@H](c1ccc(O)c(O)c1)N(C(=O)Cn1nnc2ccccc21)c1cccc(F)c1. The zero-order valence-corrected chi connectivity index (χ0v) is 20.6. The number of hydrogen-bond acceptors (Lipinski definition) is 6. The molecule has 0 fully saturated rings. The second-order valence-electron chi connectivity index (χ2n) is 8.83. The van der Waals surface area contributed by atoms with Crippen LogP contribution in [0.2, 0.25) is 0 Å². The molecule has 1 atom stereocenters. The molecular weight excluding hydrogens is 501 g/mol. The minimum absolute atomic E-state index is 0.122. The molecule has 3 N–H and O–H groups in total. The van der Waals surface area contributed by atoms with Gasteiger partial charge >= 0.3 is 0 Å². The molecule has 0 aliphatic carbocycles. The largest absolute Gasteiger partial charge is 0.504 e. The second kappa shape index (κ2) is 11.0. The zero-order valence-electron chi connectivity index (χ0n) is 20.6. The third-order valence-corrected chi connectivity index (χ3v) is 6.19. The van der Waals surface area contributed by atoms with Crippen molar-refractivity contribution in [2.75, 3.05) is 4.90 Å². The molecule has 2 amide bonds. The maximum Gasteiger partial charge on any atom is 0.249 e. The van der Waals surface area contributed by atoms with Crippen molar-refractivity contribution in [2.24, 2.45) is 0 Å². The van der Waals surface area contributed by atoms with Gasteiger partial charge in [0.25, 0.3) is 0 Å². The number of carbonyl (C=O) groups excluding carboxylic acids is 2. The van der Waals surface area contributed by atoms with Gasteiger partial charge in [-0.1, -0.05) is 59.8 Å². The molecule has 0 unspecified atom stereocenters. The number of nitrogens with one attached hydrogen (secondary N) is 1. The van der Waals surface area contributed by atoms with Crippen LogP contribution in [0.5, 0.6) is 11.5 Å². The highest BCUT2D eigenvalue weighted by Gasteiger charge is 2.34. The molecule has 5 rings (SSSR count). The van der Waals surface area contributed by atoms with E-state index in [4.69, 9.17) is 0 Å². The van der Waals surface area contributed by atoms with E-state index in [1.54, 1.807) is 24.3 Å². The summed E-state index contributed by atoms with van der Waals surface area (Å²) < 4.78 is 15.8. The summed E-state index contributed by atoms with van der Waals surface area (Å²) in [4.78, 5) is 28.8. The molecule has 10 heteroatoms. The van der Waals surface area contributed by atoms with Gasteiger partial charge in [-0.2, -0.15) is 0 Å². The Hall–Kier alpha value is -5.25. The Morgan fingerprint density at radius 1 is 0.897 bits per heavy atom. The molecule has 0 aliphatic rings. The van der Waals surface area contributed by atoms with Crippen molar-refractivity contribution in [1.82, 2.24) is 20.3 Å². The standard InChI is InChI=1S/C29H24FN5O4/c30-21-9-6-10-22(16-21)35(27(38)18-34-24-12-5-4-11-23(24)32-33-34)28(20-13-14-25(36)26(37)15-20)29(39)31-17-19-7-2-1-3-8-19/h1-16,28,36-37H,17-18H2,(H,31,39)/t28-/m1/s1. The van der Waals surface area contributed by atoms with Crippen LogP contribution in [0, 0.1) is 5.82 Å². The first-order chi connectivity index (χ1) is 18.9. The lowest BCUT2D eigenvalue weighted by atomic mass is 10.0. The Morgan fingerprint density at radius 2 is 1.67 bits per heavy atom. The predicted octanol–water partition coefficient (Wildman–Crippen LogP) is 4.07. The number of nitrogens with zero attached hydrogens (tertiary/aromatic N) is 4. The number of fused-ring (bicyclic) bond motifs is 1. The number of amides is 2. The van der Waals surface area contributed by atoms with E-state index in [0.29, 0.717) is 11.0 Å². The Morgan fingerprint density at radius 3 is 2.44 bits per heavy atom. The molecule has 1 heterocycles. The fourth-order valence-electron chi connectivity index (χ4n) is 4.31. The summed E-state index contributed by atoms with van der Waals surface area (Å²) in [6.07, 6.45) is 0. The summed E-state index contributed by atoms with van der Waals surface area (Å²) in [5.74, 6) is -2.62. The molecule has 9 nitrogen and oxygen atoms in total. The number of phenolic OH excluding ortho intramolecular Hbond substituents is 2. The minimum atomic E-state index is -1.33. The van der Waals surface area contributed by atoms with Gasteiger partial charge < -0.3 is 15.5 Å². The molecule has 196 valence electrons. The predicted molar refractivity (Wildman–Crippen MR) is 142 cm³/mol. The van der Waals surface area contributed by atoms with Gasteiger partial charge in [0.1, 0.15) is 23.9 Å². The summed E-state index contributed by atoms with van der Waals surface area (Å²) >= 11 is 0. The highest BCUT2D eigenvalue weighted by molar-refractivity contribution is 6.01. The Labute approximate surface area is 222 Å². The second-order valence-corrected chi connectivity index (χ2v) is 8.83. The third kappa shape index (κ3) is 5.54. The fourth-order valence-corrected chi connectivity index (χ4v) is 4.31. The zero-order chi connectivity index (χ0) is 27.4. The molecule has 0 saturated carbocycles. The molecule has 39 heavy (non-hydrogen) atoms. The van der Waals surface area contributed by atoms with Gasteiger partial charge in [0, 0.05) is 12.2 Å². The topological polar surface area (TPSA) is 121 Å². The average Bonchev–Trinajstić information content (AvgIpc) is 3.35. The van der Waals surface area contributed by atoms with Crippen molar-refractivity contribution in [1.29, 1.82) is 0 Å². The molecule has 0 aliphatic heterocycles. The highest BCUT2D eigenvalue weighted by atomic mass is 19.1. The number of aromatic hydroxyl groups is 2. The summed E-state index contributed by atoms with van der Waals surface area (Å²) in [5, 5.41) is 31.1. The van der Waals surface area contributed by atoms with Gasteiger partial charge in [-0.25, -0.2) is 9.07 Å². The Bertz CT molecular complexity index is 1640. The summed E-state index contributed by atoms with van der Waals surface area (Å²) in [5.41, 5.74) is 2.35. The quantitative estimate of drug-likeness (QED) is 0.263. The van der Waals surface area contributed by atoms with Crippen LogP contribution in [-0.4, -0.2) is 37.0 Å². The first kappa shape index (κ1) is 25.4. The number of phenols is 2. The van der Waals surface area contributed by atoms with Crippen LogP contribution in [0.3, 0.4) is 0 Å². The van der Waals surface area contributed by atoms with Gasteiger partial charge in [-0.05, 0) is 53.6 Å². The monoisotopic (exact) mass is 525 g/mol. The average molecular weight is 526 g/mol. The van der Waals surface area contributed by atoms with Gasteiger partial charge in [0.05, 0.1) is 5.52 Å². The number of aromatic nitrogens is 3. The van der Waals surface area contributed by atoms with Crippen molar-refractivity contribution in [3.05, 3.63) is 114 Å². The van der Waals surface area contributed by atoms with E-state index in [9.17, 15) is 24.2 Å². The van der Waals surface area contributed by atoms with Crippen LogP contribution in [-0.2, 0) is 22.7 Å². The highest BCUT2D eigenvalue weighted by Crippen LogP contribution is 2.34. The molecule has 0 saturated heterocycles. The minimum Gasteiger partial charge on any atom is -0.504 e. The van der Waals surface area contributed by atoms with Crippen LogP contribution >= 0.6 is 0 Å². The van der Waals surface area contributed by atoms with E-state index in [1.165, 1.54) is 41.1 Å². The number of carbonyl (C=O) groups is 2. The molecule has 0 radical (unpaired) electrons. The maximum absolute atomic E-state index is 14.4. The Kier molecular flexibility index (Phi) is 7.17. The molecular formula is C29H24FN5O4. The number of anilines is 1. The first-order valence-corrected chi connectivity index (χ1v) is 12.1. The van der Waals surface area contributed by atoms with Crippen LogP contribution < -0.4 is 10.2 Å². The third-order valence-electron chi connectivity index (χ3n) is 6.19. The van der Waals surface area contributed by atoms with Gasteiger partial charge in [-0.15, -0.1) is 5.10 Å². The van der Waals surface area contributed by atoms with Crippen molar-refractivity contribution < 1.29 is 24.2 Å². The maximum atomic E-state index is 14.4. The number of rotatable bonds is 8. The first-order valence-electron chi connectivity index (χ1n) is 12.1. The van der Waals surface area contributed by atoms with Crippen LogP contribution in [0.1, 0.15) is 17.2 Å². The van der Waals surface area contributed by atoms with Gasteiger partial charge in [0.15, 0.2) is 11.5 Å². The molecule has 1 aromatic heterocycles. The number of hydrogen-bond donors (Lipinski definition) is 3. The van der Waals surface area contributed by atoms with Crippen molar-refractivity contribution in [3.8, 4) is 11.5 Å². The molecule has 0 bridgehead atoms. The van der Waals surface area contributed by atoms with Crippen molar-refractivity contribution in [3.63, 3.8) is 0 Å². The Balaban J connectivity index is 1.57. The molecule has 0 spiro atoms. The smallest absolute Gasteiger partial charge is 0.249 e. The summed E-state index contributed by atoms with van der Waals surface area (Å²) in [6, 6.07) is 24.1. The van der Waals surface area contributed by atoms with E-state index in [2.05, 4.69) is 15.6 Å². The lowest BCUT2D eigenvalue weighted by Gasteiger charge is -2.31. The molecule has 5 aromatic rings. The van der Waals surface area contributed by atoms with Crippen molar-refractivity contribution in [2.45, 2.75) is 19.1 Å². The lowest BCUT2D eigenvalue weighted by Crippen LogP contribution is -2.45. The van der Waals surface area contributed by atoms with Crippen molar-refractivity contribution >= 4 is 28.5 Å². The van der Waals surface area contributed by atoms with Gasteiger partial charge in [-0.3, -0.25) is 14.5 Å². The van der Waals surface area contributed by atoms with E-state index >= 15 is 0 Å². The van der Waals surface area contributed by atoms with E-state index < -0.39 is 29.4 Å².